The maximum Gasteiger partial charge on any atom is 0.242 e. The van der Waals surface area contributed by atoms with Crippen molar-refractivity contribution in [3.05, 3.63) is 21.6 Å². The van der Waals surface area contributed by atoms with Crippen molar-refractivity contribution in [2.24, 2.45) is 0 Å². The van der Waals surface area contributed by atoms with Crippen molar-refractivity contribution in [2.45, 2.75) is 56.9 Å². The minimum atomic E-state index is -3.64. The highest BCUT2D eigenvalue weighted by Crippen LogP contribution is 2.31. The van der Waals surface area contributed by atoms with Crippen LogP contribution in [0.15, 0.2) is 21.5 Å². The normalized spacial score (nSPS) is 13.3. The molecule has 0 aliphatic heterocycles. The van der Waals surface area contributed by atoms with Crippen molar-refractivity contribution in [1.82, 2.24) is 4.72 Å². The number of sulfonamides is 1. The average molecular weight is 398 g/mol. The Hall–Kier alpha value is -0.300. The fraction of sp³-hybridized carbons (Fsp3) is 0.571. The molecule has 7 heteroatoms. The first-order valence-electron chi connectivity index (χ1n) is 7.04. The fourth-order valence-corrected chi connectivity index (χ4v) is 4.61. The van der Waals surface area contributed by atoms with Crippen LogP contribution < -0.4 is 10.5 Å². The Morgan fingerprint density at radius 1 is 1.33 bits per heavy atom. The van der Waals surface area contributed by atoms with Gasteiger partial charge in [0.25, 0.3) is 0 Å². The molecule has 0 amide bonds. The Morgan fingerprint density at radius 3 is 2.62 bits per heavy atom. The van der Waals surface area contributed by atoms with Gasteiger partial charge in [0.15, 0.2) is 0 Å². The van der Waals surface area contributed by atoms with Crippen LogP contribution in [0, 0.1) is 0 Å². The fourth-order valence-electron chi connectivity index (χ4n) is 2.04. The van der Waals surface area contributed by atoms with Crippen LogP contribution in [-0.2, 0) is 10.0 Å². The van der Waals surface area contributed by atoms with E-state index in [1.165, 1.54) is 18.6 Å². The number of halogens is 2. The zero-order valence-corrected chi connectivity index (χ0v) is 15.5. The number of hydrogen-bond donors (Lipinski definition) is 2. The van der Waals surface area contributed by atoms with Crippen LogP contribution in [0.5, 0.6) is 0 Å². The number of nitrogens with one attached hydrogen (secondary N) is 1. The summed E-state index contributed by atoms with van der Waals surface area (Å²) >= 11 is 9.10. The van der Waals surface area contributed by atoms with Gasteiger partial charge in [-0.05, 0) is 41.4 Å². The van der Waals surface area contributed by atoms with Gasteiger partial charge in [-0.15, -0.1) is 0 Å². The third-order valence-corrected chi connectivity index (χ3v) is 6.15. The van der Waals surface area contributed by atoms with Gasteiger partial charge in [0, 0.05) is 16.8 Å². The van der Waals surface area contributed by atoms with E-state index in [-0.39, 0.29) is 10.9 Å². The summed E-state index contributed by atoms with van der Waals surface area (Å²) in [5, 5.41) is 0.298. The Balaban J connectivity index is 2.78. The zero-order valence-electron chi connectivity index (χ0n) is 12.3. The quantitative estimate of drug-likeness (QED) is 0.507. The lowest BCUT2D eigenvalue weighted by atomic mass is 10.1. The Morgan fingerprint density at radius 2 is 2.00 bits per heavy atom. The highest BCUT2D eigenvalue weighted by molar-refractivity contribution is 9.10. The first kappa shape index (κ1) is 18.7. The van der Waals surface area contributed by atoms with Crippen LogP contribution >= 0.6 is 27.5 Å². The molecule has 21 heavy (non-hydrogen) atoms. The second kappa shape index (κ2) is 8.36. The molecule has 0 fully saturated rings. The van der Waals surface area contributed by atoms with Crippen LogP contribution in [0.3, 0.4) is 0 Å². The van der Waals surface area contributed by atoms with Gasteiger partial charge in [0.2, 0.25) is 10.0 Å². The van der Waals surface area contributed by atoms with Gasteiger partial charge in [-0.25, -0.2) is 13.1 Å². The minimum Gasteiger partial charge on any atom is -0.398 e. The molecule has 1 aromatic rings. The van der Waals surface area contributed by atoms with E-state index in [9.17, 15) is 8.42 Å². The van der Waals surface area contributed by atoms with E-state index in [2.05, 4.69) is 27.6 Å². The third-order valence-electron chi connectivity index (χ3n) is 3.17. The van der Waals surface area contributed by atoms with E-state index in [0.717, 1.165) is 25.7 Å². The van der Waals surface area contributed by atoms with Gasteiger partial charge in [0.1, 0.15) is 0 Å². The monoisotopic (exact) mass is 396 g/mol. The van der Waals surface area contributed by atoms with E-state index >= 15 is 0 Å². The molecule has 0 aliphatic carbocycles. The average Bonchev–Trinajstić information content (AvgIpc) is 2.38. The minimum absolute atomic E-state index is 0.0768. The molecule has 0 aromatic heterocycles. The summed E-state index contributed by atoms with van der Waals surface area (Å²) in [7, 11) is -3.64. The maximum atomic E-state index is 12.4. The molecule has 1 atom stereocenters. The van der Waals surface area contributed by atoms with Gasteiger partial charge in [-0.3, -0.25) is 0 Å². The first-order chi connectivity index (χ1) is 9.77. The van der Waals surface area contributed by atoms with Crippen LogP contribution in [-0.4, -0.2) is 14.5 Å². The van der Waals surface area contributed by atoms with Crippen LogP contribution in [0.4, 0.5) is 5.69 Å². The smallest absolute Gasteiger partial charge is 0.242 e. The van der Waals surface area contributed by atoms with Crippen molar-refractivity contribution < 1.29 is 8.42 Å². The van der Waals surface area contributed by atoms with Gasteiger partial charge in [0.05, 0.1) is 9.37 Å². The Kier molecular flexibility index (Phi) is 7.47. The molecule has 0 saturated carbocycles. The topological polar surface area (TPSA) is 72.2 Å². The van der Waals surface area contributed by atoms with Gasteiger partial charge >= 0.3 is 0 Å². The van der Waals surface area contributed by atoms with Crippen LogP contribution in [0.2, 0.25) is 5.02 Å². The van der Waals surface area contributed by atoms with Gasteiger partial charge in [-0.1, -0.05) is 44.2 Å². The van der Waals surface area contributed by atoms with Crippen molar-refractivity contribution in [3.63, 3.8) is 0 Å². The van der Waals surface area contributed by atoms with Crippen molar-refractivity contribution in [2.75, 3.05) is 5.73 Å². The number of unbranched alkanes of at least 4 members (excludes halogenated alkanes) is 3. The highest BCUT2D eigenvalue weighted by atomic mass is 79.9. The number of anilines is 1. The van der Waals surface area contributed by atoms with E-state index in [1.54, 1.807) is 0 Å². The molecule has 0 heterocycles. The molecule has 4 nitrogen and oxygen atoms in total. The number of nitrogen functional groups attached to an aromatic ring is 1. The summed E-state index contributed by atoms with van der Waals surface area (Å²) in [5.41, 5.74) is 6.04. The van der Waals surface area contributed by atoms with Crippen molar-refractivity contribution >= 4 is 43.2 Å². The summed E-state index contributed by atoms with van der Waals surface area (Å²) in [5.74, 6) is 0. The second-order valence-corrected chi connectivity index (χ2v) is 8.09. The van der Waals surface area contributed by atoms with Crippen molar-refractivity contribution in [1.29, 1.82) is 0 Å². The number of nitrogens with two attached hydrogens (primary N) is 1. The number of hydrogen-bond acceptors (Lipinski definition) is 3. The maximum absolute atomic E-state index is 12.4. The molecule has 0 spiro atoms. The molecule has 3 N–H and O–H groups in total. The molecule has 0 aliphatic rings. The largest absolute Gasteiger partial charge is 0.398 e. The lowest BCUT2D eigenvalue weighted by Crippen LogP contribution is -2.32. The molecule has 1 rings (SSSR count). The summed E-state index contributed by atoms with van der Waals surface area (Å²) in [4.78, 5) is 0.0768. The molecular formula is C14H22BrClN2O2S. The summed E-state index contributed by atoms with van der Waals surface area (Å²) in [6.07, 6.45) is 5.28. The van der Waals surface area contributed by atoms with E-state index < -0.39 is 10.0 Å². The molecule has 1 unspecified atom stereocenters. The predicted octanol–water partition coefficient (Wildman–Crippen LogP) is 4.32. The van der Waals surface area contributed by atoms with Crippen LogP contribution in [0.25, 0.3) is 0 Å². The third kappa shape index (κ3) is 5.77. The van der Waals surface area contributed by atoms with Gasteiger partial charge < -0.3 is 5.73 Å². The standard InChI is InChI=1S/C14H22BrClN2O2S/c1-3-4-5-6-7-10(2)18-21(19,20)13-9-11(16)8-12(17)14(13)15/h8-10,18H,3-7,17H2,1-2H3. The molecule has 0 saturated heterocycles. The lowest BCUT2D eigenvalue weighted by Gasteiger charge is -2.16. The SMILES string of the molecule is CCCCCCC(C)NS(=O)(=O)c1cc(Cl)cc(N)c1Br. The predicted molar refractivity (Wildman–Crippen MR) is 92.1 cm³/mol. The molecule has 120 valence electrons. The summed E-state index contributed by atoms with van der Waals surface area (Å²) in [6.45, 7) is 4.01. The summed E-state index contributed by atoms with van der Waals surface area (Å²) in [6, 6.07) is 2.78. The van der Waals surface area contributed by atoms with Gasteiger partial charge in [-0.2, -0.15) is 0 Å². The van der Waals surface area contributed by atoms with Crippen LogP contribution in [0.1, 0.15) is 46.0 Å². The van der Waals surface area contributed by atoms with Crippen molar-refractivity contribution in [3.8, 4) is 0 Å². The Labute approximate surface area is 140 Å². The lowest BCUT2D eigenvalue weighted by molar-refractivity contribution is 0.521. The molecular weight excluding hydrogens is 376 g/mol. The Bertz CT molecular complexity index is 579. The molecule has 1 aromatic carbocycles. The summed E-state index contributed by atoms with van der Waals surface area (Å²) < 4.78 is 27.8. The number of rotatable bonds is 8. The highest BCUT2D eigenvalue weighted by Gasteiger charge is 2.22. The first-order valence-corrected chi connectivity index (χ1v) is 9.70. The zero-order chi connectivity index (χ0) is 16.0. The second-order valence-electron chi connectivity index (χ2n) is 5.18. The van der Waals surface area contributed by atoms with E-state index in [4.69, 9.17) is 17.3 Å². The van der Waals surface area contributed by atoms with E-state index in [1.807, 2.05) is 6.92 Å². The molecule has 0 radical (unpaired) electrons. The number of benzene rings is 1. The molecule has 0 bridgehead atoms. The van der Waals surface area contributed by atoms with E-state index in [0.29, 0.717) is 15.2 Å².